The molecule has 5 heteroatoms. The Labute approximate surface area is 168 Å². The number of piperidine rings is 1. The standard InChI is InChI=1S/C22H35N3OS/c1-6-19(20-15-27-16-24-20)9-10-21(17(2)3)26-14-18(4)13-22(23)11-7-8-12-25(22)5/h9-10,15-16,18H,2,6-8,11-14,23H2,1,3-5H3/b19-9+,21-10+/t18?,22-/m1/s1. The van der Waals surface area contributed by atoms with Crippen LogP contribution in [0.4, 0.5) is 0 Å². The summed E-state index contributed by atoms with van der Waals surface area (Å²) in [6, 6.07) is 0. The molecule has 2 rings (SSSR count). The van der Waals surface area contributed by atoms with Crippen molar-refractivity contribution < 1.29 is 4.74 Å². The van der Waals surface area contributed by atoms with Crippen LogP contribution in [0.5, 0.6) is 0 Å². The van der Waals surface area contributed by atoms with Gasteiger partial charge < -0.3 is 10.5 Å². The summed E-state index contributed by atoms with van der Waals surface area (Å²) in [5, 5.41) is 2.08. The quantitative estimate of drug-likeness (QED) is 0.465. The van der Waals surface area contributed by atoms with Gasteiger partial charge in [0.1, 0.15) is 5.76 Å². The maximum absolute atomic E-state index is 6.66. The molecule has 1 saturated heterocycles. The van der Waals surface area contributed by atoms with Gasteiger partial charge in [-0.25, -0.2) is 4.98 Å². The van der Waals surface area contributed by atoms with Gasteiger partial charge >= 0.3 is 0 Å². The Morgan fingerprint density at radius 3 is 2.85 bits per heavy atom. The molecule has 27 heavy (non-hydrogen) atoms. The van der Waals surface area contributed by atoms with Crippen molar-refractivity contribution in [3.05, 3.63) is 46.6 Å². The van der Waals surface area contributed by atoms with Crippen molar-refractivity contribution in [3.63, 3.8) is 0 Å². The molecule has 4 nitrogen and oxygen atoms in total. The molecule has 2 N–H and O–H groups in total. The van der Waals surface area contributed by atoms with Gasteiger partial charge in [0.2, 0.25) is 0 Å². The summed E-state index contributed by atoms with van der Waals surface area (Å²) in [7, 11) is 2.14. The van der Waals surface area contributed by atoms with E-state index in [1.54, 1.807) is 11.3 Å². The molecule has 0 aromatic carbocycles. The van der Waals surface area contributed by atoms with Gasteiger partial charge in [-0.15, -0.1) is 11.3 Å². The first-order valence-electron chi connectivity index (χ1n) is 9.94. The van der Waals surface area contributed by atoms with Crippen molar-refractivity contribution in [2.45, 2.75) is 58.5 Å². The van der Waals surface area contributed by atoms with E-state index in [1.165, 1.54) is 18.4 Å². The maximum atomic E-state index is 6.66. The fourth-order valence-corrected chi connectivity index (χ4v) is 4.17. The average molecular weight is 390 g/mol. The normalized spacial score (nSPS) is 23.3. The third-order valence-corrected chi connectivity index (χ3v) is 5.92. The third kappa shape index (κ3) is 6.30. The van der Waals surface area contributed by atoms with E-state index in [-0.39, 0.29) is 5.66 Å². The second kappa shape index (κ2) is 10.2. The molecule has 0 saturated carbocycles. The summed E-state index contributed by atoms with van der Waals surface area (Å²) in [6.45, 7) is 12.2. The summed E-state index contributed by atoms with van der Waals surface area (Å²) in [5.41, 5.74) is 11.5. The number of ether oxygens (including phenoxy) is 1. The third-order valence-electron chi connectivity index (χ3n) is 5.34. The first kappa shape index (κ1) is 21.9. The van der Waals surface area contributed by atoms with Crippen LogP contribution >= 0.6 is 11.3 Å². The zero-order valence-electron chi connectivity index (χ0n) is 17.3. The first-order valence-corrected chi connectivity index (χ1v) is 10.9. The average Bonchev–Trinajstić information content (AvgIpc) is 3.15. The van der Waals surface area contributed by atoms with Crippen LogP contribution in [-0.2, 0) is 4.74 Å². The largest absolute Gasteiger partial charge is 0.493 e. The second-order valence-corrected chi connectivity index (χ2v) is 8.55. The van der Waals surface area contributed by atoms with Gasteiger partial charge in [0.05, 0.1) is 23.5 Å². The van der Waals surface area contributed by atoms with Gasteiger partial charge in [-0.05, 0) is 75.8 Å². The monoisotopic (exact) mass is 389 g/mol. The van der Waals surface area contributed by atoms with Crippen LogP contribution in [0, 0.1) is 5.92 Å². The highest BCUT2D eigenvalue weighted by molar-refractivity contribution is 7.07. The Bertz CT molecular complexity index is 665. The molecule has 0 spiro atoms. The summed E-state index contributed by atoms with van der Waals surface area (Å²) in [5.74, 6) is 1.22. The van der Waals surface area contributed by atoms with Crippen molar-refractivity contribution in [2.24, 2.45) is 11.7 Å². The molecule has 0 amide bonds. The highest BCUT2D eigenvalue weighted by atomic mass is 32.1. The predicted molar refractivity (Wildman–Crippen MR) is 116 cm³/mol. The molecule has 1 aromatic rings. The smallest absolute Gasteiger partial charge is 0.121 e. The molecule has 1 aliphatic heterocycles. The van der Waals surface area contributed by atoms with Crippen LogP contribution in [0.25, 0.3) is 5.57 Å². The number of likely N-dealkylation sites (tertiary alicyclic amines) is 1. The number of rotatable bonds is 9. The summed E-state index contributed by atoms with van der Waals surface area (Å²) >= 11 is 1.62. The zero-order chi connectivity index (χ0) is 19.9. The van der Waals surface area contributed by atoms with Crippen LogP contribution in [0.2, 0.25) is 0 Å². The Hall–Kier alpha value is -1.43. The lowest BCUT2D eigenvalue weighted by Gasteiger charge is -2.43. The van der Waals surface area contributed by atoms with Crippen LogP contribution < -0.4 is 5.73 Å². The first-order chi connectivity index (χ1) is 12.9. The molecular weight excluding hydrogens is 354 g/mol. The van der Waals surface area contributed by atoms with Gasteiger partial charge in [-0.3, -0.25) is 4.90 Å². The number of aromatic nitrogens is 1. The van der Waals surface area contributed by atoms with Crippen molar-refractivity contribution >= 4 is 16.9 Å². The van der Waals surface area contributed by atoms with E-state index >= 15 is 0 Å². The fourth-order valence-electron chi connectivity index (χ4n) is 3.59. The van der Waals surface area contributed by atoms with Crippen molar-refractivity contribution in [2.75, 3.05) is 20.2 Å². The van der Waals surface area contributed by atoms with Crippen LogP contribution in [-0.4, -0.2) is 35.7 Å². The Morgan fingerprint density at radius 1 is 1.48 bits per heavy atom. The Balaban J connectivity index is 1.98. The fraction of sp³-hybridized carbons (Fsp3) is 0.591. The summed E-state index contributed by atoms with van der Waals surface area (Å²) < 4.78 is 6.12. The molecule has 2 heterocycles. The Kier molecular flexibility index (Phi) is 8.27. The topological polar surface area (TPSA) is 51.4 Å². The summed E-state index contributed by atoms with van der Waals surface area (Å²) in [6.07, 6.45) is 9.53. The van der Waals surface area contributed by atoms with Crippen LogP contribution in [0.3, 0.4) is 0 Å². The molecule has 150 valence electrons. The van der Waals surface area contributed by atoms with E-state index in [0.29, 0.717) is 12.5 Å². The van der Waals surface area contributed by atoms with Gasteiger partial charge in [-0.1, -0.05) is 26.5 Å². The lowest BCUT2D eigenvalue weighted by Crippen LogP contribution is -2.57. The molecular formula is C22H35N3OS. The minimum atomic E-state index is -0.200. The summed E-state index contributed by atoms with van der Waals surface area (Å²) in [4.78, 5) is 6.72. The van der Waals surface area contributed by atoms with E-state index in [1.807, 2.05) is 18.5 Å². The maximum Gasteiger partial charge on any atom is 0.121 e. The van der Waals surface area contributed by atoms with Crippen LogP contribution in [0.1, 0.15) is 58.6 Å². The van der Waals surface area contributed by atoms with Crippen molar-refractivity contribution in [1.82, 2.24) is 9.88 Å². The molecule has 0 bridgehead atoms. The van der Waals surface area contributed by atoms with E-state index in [2.05, 4.69) is 48.8 Å². The van der Waals surface area contributed by atoms with E-state index in [9.17, 15) is 0 Å². The number of allylic oxidation sites excluding steroid dienone is 4. The molecule has 2 atom stereocenters. The van der Waals surface area contributed by atoms with Gasteiger partial charge in [0.15, 0.2) is 0 Å². The van der Waals surface area contributed by atoms with Crippen molar-refractivity contribution in [3.8, 4) is 0 Å². The molecule has 0 radical (unpaired) electrons. The highest BCUT2D eigenvalue weighted by Crippen LogP contribution is 2.29. The van der Waals surface area contributed by atoms with E-state index in [0.717, 1.165) is 42.8 Å². The van der Waals surface area contributed by atoms with Gasteiger partial charge in [-0.2, -0.15) is 0 Å². The molecule has 1 aliphatic rings. The van der Waals surface area contributed by atoms with E-state index in [4.69, 9.17) is 10.5 Å². The lowest BCUT2D eigenvalue weighted by molar-refractivity contribution is 0.0422. The van der Waals surface area contributed by atoms with E-state index < -0.39 is 0 Å². The molecule has 1 unspecified atom stereocenters. The zero-order valence-corrected chi connectivity index (χ0v) is 18.1. The molecule has 0 aliphatic carbocycles. The number of nitrogens with two attached hydrogens (primary N) is 1. The number of hydrogen-bond donors (Lipinski definition) is 1. The number of thiazole rings is 1. The highest BCUT2D eigenvalue weighted by Gasteiger charge is 2.33. The minimum Gasteiger partial charge on any atom is -0.493 e. The second-order valence-electron chi connectivity index (χ2n) is 7.83. The van der Waals surface area contributed by atoms with Crippen LogP contribution in [0.15, 0.2) is 41.0 Å². The number of hydrogen-bond acceptors (Lipinski definition) is 5. The predicted octanol–water partition coefficient (Wildman–Crippen LogP) is 5.21. The van der Waals surface area contributed by atoms with Crippen molar-refractivity contribution in [1.29, 1.82) is 0 Å². The van der Waals surface area contributed by atoms with Gasteiger partial charge in [0.25, 0.3) is 0 Å². The molecule has 1 fully saturated rings. The number of nitrogens with zero attached hydrogens (tertiary/aromatic N) is 2. The Morgan fingerprint density at radius 2 is 2.26 bits per heavy atom. The van der Waals surface area contributed by atoms with Gasteiger partial charge in [0, 0.05) is 5.38 Å². The molecule has 1 aromatic heterocycles. The lowest BCUT2D eigenvalue weighted by atomic mass is 9.88. The SMILES string of the molecule is C=C(C)/C(=C\C=C(/CC)c1cscn1)OCC(C)C[C@@]1(N)CCCCN1C. The minimum absolute atomic E-state index is 0.200.